The molecule has 0 aliphatic rings. The van der Waals surface area contributed by atoms with Gasteiger partial charge in [0.1, 0.15) is 0 Å². The normalized spacial score (nSPS) is 12.1. The average Bonchev–Trinajstić information content (AvgIpc) is 2.30. The third kappa shape index (κ3) is 5.49. The zero-order valence-corrected chi connectivity index (χ0v) is 13.3. The molecule has 19 heavy (non-hydrogen) atoms. The maximum Gasteiger partial charge on any atom is 0.273 e. The summed E-state index contributed by atoms with van der Waals surface area (Å²) in [7, 11) is -4.03. The van der Waals surface area contributed by atoms with E-state index < -0.39 is 29.0 Å². The Labute approximate surface area is 129 Å². The Morgan fingerprint density at radius 3 is 2.47 bits per heavy atom. The molecule has 0 saturated carbocycles. The highest BCUT2D eigenvalue weighted by Crippen LogP contribution is 2.25. The van der Waals surface area contributed by atoms with Gasteiger partial charge in [-0.15, -0.1) is 12.4 Å². The number of rotatable bonds is 5. The molecule has 3 N–H and O–H groups in total. The lowest BCUT2D eigenvalue weighted by Crippen LogP contribution is -2.41. The molecular formula is C9H11BrCl2F2N2O2S. The van der Waals surface area contributed by atoms with Crippen LogP contribution in [0.3, 0.4) is 0 Å². The number of nitrogens with one attached hydrogen (secondary N) is 1. The van der Waals surface area contributed by atoms with E-state index in [0.29, 0.717) is 4.47 Å². The Morgan fingerprint density at radius 1 is 1.42 bits per heavy atom. The molecule has 0 atom stereocenters. The van der Waals surface area contributed by atoms with Crippen LogP contribution in [0.5, 0.6) is 0 Å². The highest BCUT2D eigenvalue weighted by molar-refractivity contribution is 9.10. The van der Waals surface area contributed by atoms with Crippen LogP contribution >= 0.6 is 39.9 Å². The lowest BCUT2D eigenvalue weighted by molar-refractivity contribution is 0.0170. The highest BCUT2D eigenvalue weighted by atomic mass is 79.9. The molecular weight excluding hydrogens is 389 g/mol. The molecule has 0 unspecified atom stereocenters. The predicted octanol–water partition coefficient (Wildman–Crippen LogP) is 2.40. The minimum absolute atomic E-state index is 0. The smallest absolute Gasteiger partial charge is 0.273 e. The summed E-state index contributed by atoms with van der Waals surface area (Å²) >= 11 is 8.82. The quantitative estimate of drug-likeness (QED) is 0.798. The highest BCUT2D eigenvalue weighted by Gasteiger charge is 2.29. The lowest BCUT2D eigenvalue weighted by Gasteiger charge is -2.14. The zero-order valence-electron chi connectivity index (χ0n) is 9.37. The second-order valence-corrected chi connectivity index (χ2v) is 6.49. The second-order valence-electron chi connectivity index (χ2n) is 3.46. The molecule has 1 aromatic rings. The Balaban J connectivity index is 0.00000324. The topological polar surface area (TPSA) is 72.2 Å². The first-order chi connectivity index (χ1) is 8.18. The molecule has 0 amide bonds. The predicted molar refractivity (Wildman–Crippen MR) is 75.6 cm³/mol. The molecule has 0 radical (unpaired) electrons. The van der Waals surface area contributed by atoms with Gasteiger partial charge < -0.3 is 5.73 Å². The van der Waals surface area contributed by atoms with E-state index in [2.05, 4.69) is 15.9 Å². The van der Waals surface area contributed by atoms with E-state index in [0.717, 1.165) is 6.07 Å². The van der Waals surface area contributed by atoms with Crippen molar-refractivity contribution in [2.24, 2.45) is 5.73 Å². The van der Waals surface area contributed by atoms with Crippen molar-refractivity contribution in [2.75, 3.05) is 13.1 Å². The van der Waals surface area contributed by atoms with E-state index in [-0.39, 0.29) is 22.3 Å². The fraction of sp³-hybridized carbons (Fsp3) is 0.333. The molecule has 0 heterocycles. The summed E-state index contributed by atoms with van der Waals surface area (Å²) in [6.45, 7) is -1.99. The Kier molecular flexibility index (Phi) is 7.15. The number of hydrogen-bond acceptors (Lipinski definition) is 3. The van der Waals surface area contributed by atoms with E-state index in [1.165, 1.54) is 12.1 Å². The van der Waals surface area contributed by atoms with Crippen molar-refractivity contribution in [1.82, 2.24) is 4.72 Å². The molecule has 0 fully saturated rings. The van der Waals surface area contributed by atoms with E-state index >= 15 is 0 Å². The minimum atomic E-state index is -4.03. The van der Waals surface area contributed by atoms with Crippen molar-refractivity contribution in [3.8, 4) is 0 Å². The van der Waals surface area contributed by atoms with Crippen molar-refractivity contribution in [3.05, 3.63) is 27.7 Å². The van der Waals surface area contributed by atoms with Gasteiger partial charge in [0.15, 0.2) is 0 Å². The summed E-state index contributed by atoms with van der Waals surface area (Å²) in [5.74, 6) is -3.29. The number of benzene rings is 1. The largest absolute Gasteiger partial charge is 0.325 e. The Hall–Kier alpha value is 0.01000. The van der Waals surface area contributed by atoms with Crippen LogP contribution in [-0.2, 0) is 10.0 Å². The van der Waals surface area contributed by atoms with E-state index in [9.17, 15) is 17.2 Å². The van der Waals surface area contributed by atoms with Gasteiger partial charge in [0.2, 0.25) is 10.0 Å². The summed E-state index contributed by atoms with van der Waals surface area (Å²) in [4.78, 5) is -0.191. The van der Waals surface area contributed by atoms with Gasteiger partial charge in [-0.1, -0.05) is 11.6 Å². The van der Waals surface area contributed by atoms with Crippen LogP contribution in [0.4, 0.5) is 8.78 Å². The maximum atomic E-state index is 12.9. The molecule has 0 aromatic heterocycles. The molecule has 0 bridgehead atoms. The first-order valence-corrected chi connectivity index (χ1v) is 7.36. The first-order valence-electron chi connectivity index (χ1n) is 4.70. The fourth-order valence-electron chi connectivity index (χ4n) is 1.00. The van der Waals surface area contributed by atoms with E-state index in [1.807, 2.05) is 0 Å². The van der Waals surface area contributed by atoms with Crippen LogP contribution in [-0.4, -0.2) is 27.4 Å². The molecule has 0 saturated heterocycles. The summed E-state index contributed by atoms with van der Waals surface area (Å²) in [6.07, 6.45) is 0. The lowest BCUT2D eigenvalue weighted by atomic mass is 10.3. The van der Waals surface area contributed by atoms with Crippen molar-refractivity contribution in [3.63, 3.8) is 0 Å². The third-order valence-electron chi connectivity index (χ3n) is 2.02. The minimum Gasteiger partial charge on any atom is -0.325 e. The van der Waals surface area contributed by atoms with Gasteiger partial charge in [-0.3, -0.25) is 0 Å². The van der Waals surface area contributed by atoms with Gasteiger partial charge in [-0.25, -0.2) is 21.9 Å². The van der Waals surface area contributed by atoms with Gasteiger partial charge >= 0.3 is 0 Å². The van der Waals surface area contributed by atoms with Gasteiger partial charge in [0.05, 0.1) is 23.0 Å². The number of halogens is 5. The van der Waals surface area contributed by atoms with Crippen LogP contribution in [0.25, 0.3) is 0 Å². The fourth-order valence-corrected chi connectivity index (χ4v) is 2.58. The maximum absolute atomic E-state index is 12.9. The van der Waals surface area contributed by atoms with Crippen LogP contribution in [0.2, 0.25) is 5.02 Å². The summed E-state index contributed by atoms with van der Waals surface area (Å²) in [5, 5.41) is 0.170. The van der Waals surface area contributed by atoms with Crippen LogP contribution in [0.1, 0.15) is 0 Å². The van der Waals surface area contributed by atoms with Crippen molar-refractivity contribution >= 4 is 50.0 Å². The first kappa shape index (κ1) is 19.0. The molecule has 0 aliphatic heterocycles. The van der Waals surface area contributed by atoms with Crippen LogP contribution in [0.15, 0.2) is 27.6 Å². The van der Waals surface area contributed by atoms with Crippen LogP contribution in [0, 0.1) is 0 Å². The summed E-state index contributed by atoms with van der Waals surface area (Å²) < 4.78 is 51.4. The van der Waals surface area contributed by atoms with E-state index in [1.54, 1.807) is 4.72 Å². The standard InChI is InChI=1S/C9H10BrClF2N2O2S.ClH/c10-7-2-1-6(3-8(7)11)18(16,17)15-5-9(12,13)4-14;/h1-3,15H,4-5,14H2;1H. The van der Waals surface area contributed by atoms with Gasteiger partial charge in [-0.2, -0.15) is 0 Å². The molecule has 1 rings (SSSR count). The third-order valence-corrected chi connectivity index (χ3v) is 4.65. The molecule has 0 spiro atoms. The van der Waals surface area contributed by atoms with Crippen molar-refractivity contribution in [2.45, 2.75) is 10.8 Å². The molecule has 1 aromatic carbocycles. The number of alkyl halides is 2. The van der Waals surface area contributed by atoms with Crippen molar-refractivity contribution in [1.29, 1.82) is 0 Å². The second kappa shape index (κ2) is 7.14. The molecule has 110 valence electrons. The monoisotopic (exact) mass is 398 g/mol. The van der Waals surface area contributed by atoms with E-state index in [4.69, 9.17) is 17.3 Å². The number of sulfonamides is 1. The Morgan fingerprint density at radius 2 is 2.00 bits per heavy atom. The summed E-state index contributed by atoms with van der Waals surface area (Å²) in [6, 6.07) is 3.82. The molecule has 0 aliphatic carbocycles. The zero-order chi connectivity index (χ0) is 14.0. The van der Waals surface area contributed by atoms with Gasteiger partial charge in [0.25, 0.3) is 5.92 Å². The number of nitrogens with two attached hydrogens (primary N) is 1. The van der Waals surface area contributed by atoms with Gasteiger partial charge in [-0.05, 0) is 34.1 Å². The summed E-state index contributed by atoms with van der Waals surface area (Å²) in [5.41, 5.74) is 4.81. The SMILES string of the molecule is Cl.NCC(F)(F)CNS(=O)(=O)c1ccc(Br)c(Cl)c1. The molecule has 4 nitrogen and oxygen atoms in total. The average molecular weight is 400 g/mol. The van der Waals surface area contributed by atoms with Crippen molar-refractivity contribution < 1.29 is 17.2 Å². The van der Waals surface area contributed by atoms with Crippen LogP contribution < -0.4 is 10.5 Å². The number of hydrogen-bond donors (Lipinski definition) is 2. The Bertz CT molecular complexity index is 543. The molecule has 10 heteroatoms. The van der Waals surface area contributed by atoms with Gasteiger partial charge in [0, 0.05) is 4.47 Å².